The van der Waals surface area contributed by atoms with Crippen molar-refractivity contribution in [3.63, 3.8) is 0 Å². The van der Waals surface area contributed by atoms with Gasteiger partial charge in [0.2, 0.25) is 0 Å². The van der Waals surface area contributed by atoms with Crippen LogP contribution in [0.3, 0.4) is 0 Å². The smallest absolute Gasteiger partial charge is 0.0730 e. The number of nitrogens with zero attached hydrogens (tertiary/aromatic N) is 2. The Kier molecular flexibility index (Phi) is 3.52. The SMILES string of the molecule is CN(CCCN)c1c2ccccc2nc2ccccc12. The molecule has 0 radical (unpaired) electrons. The minimum absolute atomic E-state index is 0.714. The Bertz CT molecular complexity index is 682. The quantitative estimate of drug-likeness (QED) is 0.737. The van der Waals surface area contributed by atoms with Gasteiger partial charge in [-0.05, 0) is 25.1 Å². The summed E-state index contributed by atoms with van der Waals surface area (Å²) < 4.78 is 0. The molecule has 0 aliphatic carbocycles. The Labute approximate surface area is 119 Å². The summed E-state index contributed by atoms with van der Waals surface area (Å²) >= 11 is 0. The molecule has 0 aliphatic heterocycles. The zero-order valence-electron chi connectivity index (χ0n) is 11.7. The number of anilines is 1. The Balaban J connectivity index is 2.27. The molecule has 3 nitrogen and oxygen atoms in total. The number of pyridine rings is 1. The largest absolute Gasteiger partial charge is 0.373 e. The van der Waals surface area contributed by atoms with Gasteiger partial charge in [-0.15, -0.1) is 0 Å². The van der Waals surface area contributed by atoms with Gasteiger partial charge in [-0.3, -0.25) is 0 Å². The van der Waals surface area contributed by atoms with E-state index >= 15 is 0 Å². The molecule has 3 rings (SSSR count). The molecule has 102 valence electrons. The number of nitrogens with two attached hydrogens (primary N) is 1. The average molecular weight is 265 g/mol. The molecular formula is C17H19N3. The van der Waals surface area contributed by atoms with Crippen molar-refractivity contribution in [1.29, 1.82) is 0 Å². The Morgan fingerprint density at radius 3 is 2.05 bits per heavy atom. The van der Waals surface area contributed by atoms with E-state index in [1.807, 2.05) is 12.1 Å². The first kappa shape index (κ1) is 12.9. The number of hydrogen-bond acceptors (Lipinski definition) is 3. The second kappa shape index (κ2) is 5.47. The number of fused-ring (bicyclic) bond motifs is 2. The van der Waals surface area contributed by atoms with Gasteiger partial charge in [0.25, 0.3) is 0 Å². The first-order chi connectivity index (χ1) is 9.81. The first-order valence-corrected chi connectivity index (χ1v) is 7.00. The highest BCUT2D eigenvalue weighted by Gasteiger charge is 2.11. The van der Waals surface area contributed by atoms with Gasteiger partial charge < -0.3 is 10.6 Å². The fraction of sp³-hybridized carbons (Fsp3) is 0.235. The van der Waals surface area contributed by atoms with E-state index in [-0.39, 0.29) is 0 Å². The summed E-state index contributed by atoms with van der Waals surface area (Å²) in [6.45, 7) is 1.67. The molecule has 2 N–H and O–H groups in total. The molecule has 0 saturated carbocycles. The van der Waals surface area contributed by atoms with Crippen LogP contribution in [0.5, 0.6) is 0 Å². The van der Waals surface area contributed by atoms with Crippen LogP contribution in [0.4, 0.5) is 5.69 Å². The highest BCUT2D eigenvalue weighted by molar-refractivity contribution is 6.07. The zero-order valence-corrected chi connectivity index (χ0v) is 11.7. The van der Waals surface area contributed by atoms with Gasteiger partial charge in [0.1, 0.15) is 0 Å². The summed E-state index contributed by atoms with van der Waals surface area (Å²) in [5, 5.41) is 2.40. The van der Waals surface area contributed by atoms with E-state index in [9.17, 15) is 0 Å². The minimum Gasteiger partial charge on any atom is -0.373 e. The van der Waals surface area contributed by atoms with Gasteiger partial charge in [-0.2, -0.15) is 0 Å². The van der Waals surface area contributed by atoms with E-state index in [0.29, 0.717) is 6.54 Å². The fourth-order valence-electron chi connectivity index (χ4n) is 2.67. The Morgan fingerprint density at radius 2 is 1.50 bits per heavy atom. The van der Waals surface area contributed by atoms with Gasteiger partial charge in [-0.1, -0.05) is 36.4 Å². The summed E-state index contributed by atoms with van der Waals surface area (Å²) in [6.07, 6.45) is 0.988. The van der Waals surface area contributed by atoms with E-state index in [4.69, 9.17) is 10.7 Å². The van der Waals surface area contributed by atoms with Gasteiger partial charge in [-0.25, -0.2) is 4.98 Å². The van der Waals surface area contributed by atoms with E-state index in [2.05, 4.69) is 48.3 Å². The van der Waals surface area contributed by atoms with Crippen LogP contribution in [0.25, 0.3) is 21.8 Å². The maximum Gasteiger partial charge on any atom is 0.0730 e. The van der Waals surface area contributed by atoms with Crippen molar-refractivity contribution in [2.45, 2.75) is 6.42 Å². The number of aromatic nitrogens is 1. The maximum absolute atomic E-state index is 5.64. The van der Waals surface area contributed by atoms with Gasteiger partial charge in [0.15, 0.2) is 0 Å². The van der Waals surface area contributed by atoms with Crippen LogP contribution in [0.15, 0.2) is 48.5 Å². The molecule has 0 bridgehead atoms. The molecule has 3 aromatic rings. The van der Waals surface area contributed by atoms with Crippen LogP contribution in [0.2, 0.25) is 0 Å². The van der Waals surface area contributed by atoms with Crippen LogP contribution >= 0.6 is 0 Å². The van der Waals surface area contributed by atoms with Gasteiger partial charge >= 0.3 is 0 Å². The lowest BCUT2D eigenvalue weighted by Gasteiger charge is -2.22. The fourth-order valence-corrected chi connectivity index (χ4v) is 2.67. The predicted octanol–water partition coefficient (Wildman–Crippen LogP) is 3.17. The van der Waals surface area contributed by atoms with Crippen LogP contribution in [0, 0.1) is 0 Å². The van der Waals surface area contributed by atoms with E-state index in [1.54, 1.807) is 0 Å². The van der Waals surface area contributed by atoms with Crippen molar-refractivity contribution in [2.24, 2.45) is 5.73 Å². The number of para-hydroxylation sites is 2. The third-order valence-corrected chi connectivity index (χ3v) is 3.64. The molecule has 2 aromatic carbocycles. The van der Waals surface area contributed by atoms with Crippen molar-refractivity contribution in [3.8, 4) is 0 Å². The predicted molar refractivity (Wildman–Crippen MR) is 86.2 cm³/mol. The first-order valence-electron chi connectivity index (χ1n) is 7.00. The summed E-state index contributed by atoms with van der Waals surface area (Å²) in [7, 11) is 2.13. The molecule has 0 aliphatic rings. The molecule has 20 heavy (non-hydrogen) atoms. The molecule has 0 amide bonds. The van der Waals surface area contributed by atoms with E-state index in [0.717, 1.165) is 24.0 Å². The molecule has 0 saturated heterocycles. The van der Waals surface area contributed by atoms with Crippen LogP contribution in [0.1, 0.15) is 6.42 Å². The molecule has 0 atom stereocenters. The normalized spacial score (nSPS) is 11.1. The molecule has 0 unspecified atom stereocenters. The number of hydrogen-bond donors (Lipinski definition) is 1. The maximum atomic E-state index is 5.64. The van der Waals surface area contributed by atoms with Crippen molar-refractivity contribution < 1.29 is 0 Å². The molecule has 0 fully saturated rings. The van der Waals surface area contributed by atoms with E-state index < -0.39 is 0 Å². The lowest BCUT2D eigenvalue weighted by atomic mass is 10.1. The van der Waals surface area contributed by atoms with Crippen LogP contribution in [-0.4, -0.2) is 25.1 Å². The number of benzene rings is 2. The molecular weight excluding hydrogens is 246 g/mol. The summed E-state index contributed by atoms with van der Waals surface area (Å²) in [5.41, 5.74) is 8.98. The topological polar surface area (TPSA) is 42.1 Å². The minimum atomic E-state index is 0.714. The van der Waals surface area contributed by atoms with Gasteiger partial charge in [0, 0.05) is 24.4 Å². The monoisotopic (exact) mass is 265 g/mol. The third-order valence-electron chi connectivity index (χ3n) is 3.64. The Morgan fingerprint density at radius 1 is 0.950 bits per heavy atom. The lowest BCUT2D eigenvalue weighted by molar-refractivity contribution is 0.799. The van der Waals surface area contributed by atoms with E-state index in [1.165, 1.54) is 16.5 Å². The van der Waals surface area contributed by atoms with Crippen molar-refractivity contribution in [3.05, 3.63) is 48.5 Å². The lowest BCUT2D eigenvalue weighted by Crippen LogP contribution is -2.21. The second-order valence-corrected chi connectivity index (χ2v) is 5.06. The molecule has 0 spiro atoms. The second-order valence-electron chi connectivity index (χ2n) is 5.06. The van der Waals surface area contributed by atoms with Crippen LogP contribution in [-0.2, 0) is 0 Å². The van der Waals surface area contributed by atoms with Crippen LogP contribution < -0.4 is 10.6 Å². The highest BCUT2D eigenvalue weighted by Crippen LogP contribution is 2.32. The zero-order chi connectivity index (χ0) is 13.9. The molecule has 1 heterocycles. The number of rotatable bonds is 4. The standard InChI is InChI=1S/C17H19N3/c1-20(12-6-11-18)17-13-7-2-4-9-15(13)19-16-10-5-3-8-14(16)17/h2-5,7-10H,6,11-12,18H2,1H3. The third kappa shape index (κ3) is 2.21. The van der Waals surface area contributed by atoms with Crippen molar-refractivity contribution in [2.75, 3.05) is 25.0 Å². The Hall–Kier alpha value is -2.13. The molecule has 3 heteroatoms. The average Bonchev–Trinajstić information content (AvgIpc) is 2.50. The van der Waals surface area contributed by atoms with Gasteiger partial charge in [0.05, 0.1) is 16.7 Å². The summed E-state index contributed by atoms with van der Waals surface area (Å²) in [4.78, 5) is 7.04. The van der Waals surface area contributed by atoms with Crippen molar-refractivity contribution >= 4 is 27.5 Å². The highest BCUT2D eigenvalue weighted by atomic mass is 15.1. The summed E-state index contributed by atoms with van der Waals surface area (Å²) in [6, 6.07) is 16.6. The van der Waals surface area contributed by atoms with Crippen molar-refractivity contribution in [1.82, 2.24) is 4.98 Å². The summed E-state index contributed by atoms with van der Waals surface area (Å²) in [5.74, 6) is 0. The molecule has 1 aromatic heterocycles.